The zero-order valence-corrected chi connectivity index (χ0v) is 14.6. The Morgan fingerprint density at radius 2 is 1.96 bits per heavy atom. The summed E-state index contributed by atoms with van der Waals surface area (Å²) in [7, 11) is 0. The molecule has 0 saturated heterocycles. The van der Waals surface area contributed by atoms with Gasteiger partial charge in [-0.2, -0.15) is 0 Å². The van der Waals surface area contributed by atoms with Crippen LogP contribution in [-0.4, -0.2) is 24.6 Å². The molecule has 25 heavy (non-hydrogen) atoms. The molecule has 0 heterocycles. The van der Waals surface area contributed by atoms with Gasteiger partial charge in [-0.3, -0.25) is 4.79 Å². The van der Waals surface area contributed by atoms with Crippen LogP contribution >= 0.6 is 23.2 Å². The summed E-state index contributed by atoms with van der Waals surface area (Å²) in [5, 5.41) is 3.21. The van der Waals surface area contributed by atoms with Crippen LogP contribution in [0.5, 0.6) is 5.75 Å². The fraction of sp³-hybridized carbons (Fsp3) is 0.176. The molecule has 8 heteroatoms. The van der Waals surface area contributed by atoms with Crippen LogP contribution in [0.1, 0.15) is 6.92 Å². The zero-order chi connectivity index (χ0) is 18.4. The Kier molecular flexibility index (Phi) is 6.61. The molecule has 1 amide bonds. The molecule has 0 radical (unpaired) electrons. The van der Waals surface area contributed by atoms with Gasteiger partial charge in [-0.05, 0) is 37.3 Å². The molecular weight excluding hydrogens is 372 g/mol. The van der Waals surface area contributed by atoms with Crippen molar-refractivity contribution in [2.75, 3.05) is 11.9 Å². The number of carbonyl (C=O) groups is 2. The third-order valence-corrected chi connectivity index (χ3v) is 3.58. The molecule has 2 aromatic carbocycles. The molecule has 2 aromatic rings. The first-order valence-corrected chi connectivity index (χ1v) is 7.94. The average Bonchev–Trinajstić information content (AvgIpc) is 2.56. The van der Waals surface area contributed by atoms with Crippen LogP contribution in [0.4, 0.5) is 10.1 Å². The van der Waals surface area contributed by atoms with Gasteiger partial charge < -0.3 is 14.8 Å². The van der Waals surface area contributed by atoms with Gasteiger partial charge in [0.2, 0.25) is 0 Å². The summed E-state index contributed by atoms with van der Waals surface area (Å²) in [5.74, 6) is -1.66. The summed E-state index contributed by atoms with van der Waals surface area (Å²) >= 11 is 11.8. The summed E-state index contributed by atoms with van der Waals surface area (Å²) in [6.07, 6.45) is -1.08. The van der Waals surface area contributed by atoms with E-state index < -0.39 is 30.4 Å². The van der Waals surface area contributed by atoms with Crippen LogP contribution in [-0.2, 0) is 14.3 Å². The van der Waals surface area contributed by atoms with Crippen LogP contribution in [0.3, 0.4) is 0 Å². The Bertz CT molecular complexity index is 785. The van der Waals surface area contributed by atoms with Crippen LogP contribution < -0.4 is 10.1 Å². The number of nitrogens with one attached hydrogen (secondary N) is 1. The van der Waals surface area contributed by atoms with Gasteiger partial charge in [0.15, 0.2) is 12.7 Å². The fourth-order valence-electron chi connectivity index (χ4n) is 1.81. The highest BCUT2D eigenvalue weighted by atomic mass is 35.5. The Morgan fingerprint density at radius 1 is 1.20 bits per heavy atom. The number of esters is 1. The van der Waals surface area contributed by atoms with Gasteiger partial charge in [-0.25, -0.2) is 9.18 Å². The number of benzene rings is 2. The second-order valence-corrected chi connectivity index (χ2v) is 5.84. The largest absolute Gasteiger partial charge is 0.482 e. The molecule has 5 nitrogen and oxygen atoms in total. The lowest BCUT2D eigenvalue weighted by Gasteiger charge is -2.14. The second kappa shape index (κ2) is 8.69. The van der Waals surface area contributed by atoms with Crippen molar-refractivity contribution >= 4 is 40.8 Å². The minimum atomic E-state index is -1.08. The Hall–Kier alpha value is -2.31. The number of rotatable bonds is 6. The maximum atomic E-state index is 13.0. The lowest BCUT2D eigenvalue weighted by atomic mass is 10.3. The van der Waals surface area contributed by atoms with Crippen molar-refractivity contribution in [1.82, 2.24) is 0 Å². The van der Waals surface area contributed by atoms with Crippen molar-refractivity contribution in [3.8, 4) is 5.75 Å². The molecule has 0 aliphatic carbocycles. The number of hydrogen-bond acceptors (Lipinski definition) is 4. The van der Waals surface area contributed by atoms with E-state index in [0.29, 0.717) is 15.7 Å². The summed E-state index contributed by atoms with van der Waals surface area (Å²) in [6, 6.07) is 9.90. The zero-order valence-electron chi connectivity index (χ0n) is 13.1. The van der Waals surface area contributed by atoms with E-state index in [1.54, 1.807) is 6.07 Å². The van der Waals surface area contributed by atoms with Crippen molar-refractivity contribution in [2.45, 2.75) is 13.0 Å². The summed E-state index contributed by atoms with van der Waals surface area (Å²) in [5.41, 5.74) is 0.304. The monoisotopic (exact) mass is 385 g/mol. The number of hydrogen-bond donors (Lipinski definition) is 1. The highest BCUT2D eigenvalue weighted by Gasteiger charge is 2.19. The van der Waals surface area contributed by atoms with Crippen molar-refractivity contribution in [3.05, 3.63) is 58.3 Å². The van der Waals surface area contributed by atoms with E-state index in [1.807, 2.05) is 0 Å². The van der Waals surface area contributed by atoms with E-state index >= 15 is 0 Å². The number of carbonyl (C=O) groups excluding carboxylic acids is 2. The quantitative estimate of drug-likeness (QED) is 0.760. The van der Waals surface area contributed by atoms with E-state index in [-0.39, 0.29) is 5.75 Å². The van der Waals surface area contributed by atoms with Crippen molar-refractivity contribution < 1.29 is 23.5 Å². The molecule has 2 rings (SSSR count). The number of ether oxygens (including phenoxy) is 2. The predicted octanol–water partition coefficient (Wildman–Crippen LogP) is 4.08. The molecule has 0 aliphatic heterocycles. The predicted molar refractivity (Wildman–Crippen MR) is 92.5 cm³/mol. The van der Waals surface area contributed by atoms with Gasteiger partial charge in [0.25, 0.3) is 5.91 Å². The van der Waals surface area contributed by atoms with E-state index in [2.05, 4.69) is 5.32 Å². The highest BCUT2D eigenvalue weighted by Crippen LogP contribution is 2.25. The average molecular weight is 386 g/mol. The lowest BCUT2D eigenvalue weighted by molar-refractivity contribution is -0.155. The van der Waals surface area contributed by atoms with Gasteiger partial charge in [-0.15, -0.1) is 0 Å². The second-order valence-electron chi connectivity index (χ2n) is 4.99. The molecule has 0 fully saturated rings. The molecule has 0 aromatic heterocycles. The summed E-state index contributed by atoms with van der Waals surface area (Å²) in [6.45, 7) is 0.937. The number of amides is 1. The minimum Gasteiger partial charge on any atom is -0.482 e. The third kappa shape index (κ3) is 5.92. The van der Waals surface area contributed by atoms with Crippen molar-refractivity contribution in [1.29, 1.82) is 0 Å². The first kappa shape index (κ1) is 19.0. The summed E-state index contributed by atoms with van der Waals surface area (Å²) in [4.78, 5) is 23.8. The molecule has 0 saturated carbocycles. The van der Waals surface area contributed by atoms with Gasteiger partial charge in [0.1, 0.15) is 11.6 Å². The van der Waals surface area contributed by atoms with Crippen LogP contribution in [0.2, 0.25) is 10.0 Å². The maximum absolute atomic E-state index is 13.0. The molecule has 1 N–H and O–H groups in total. The first-order valence-electron chi connectivity index (χ1n) is 7.19. The standard InChI is InChI=1S/C17H14Cl2FNO4/c1-10(17(23)21-15-7-11(18)5-6-14(15)19)25-16(22)9-24-13-4-2-3-12(20)8-13/h2-8,10H,9H2,1H3,(H,21,23). The van der Waals surface area contributed by atoms with Gasteiger partial charge in [0, 0.05) is 11.1 Å². The summed E-state index contributed by atoms with van der Waals surface area (Å²) < 4.78 is 23.1. The molecule has 1 unspecified atom stereocenters. The topological polar surface area (TPSA) is 64.6 Å². The fourth-order valence-corrected chi connectivity index (χ4v) is 2.15. The molecule has 1 atom stereocenters. The van der Waals surface area contributed by atoms with E-state index in [9.17, 15) is 14.0 Å². The van der Waals surface area contributed by atoms with Gasteiger partial charge in [-0.1, -0.05) is 29.3 Å². The maximum Gasteiger partial charge on any atom is 0.344 e. The molecular formula is C17H14Cl2FNO4. The van der Waals surface area contributed by atoms with Gasteiger partial charge in [0.05, 0.1) is 10.7 Å². The molecule has 0 spiro atoms. The SMILES string of the molecule is CC(OC(=O)COc1cccc(F)c1)C(=O)Nc1cc(Cl)ccc1Cl. The van der Waals surface area contributed by atoms with Gasteiger partial charge >= 0.3 is 5.97 Å². The minimum absolute atomic E-state index is 0.180. The highest BCUT2D eigenvalue weighted by molar-refractivity contribution is 6.35. The number of halogens is 3. The Morgan fingerprint density at radius 3 is 2.68 bits per heavy atom. The smallest absolute Gasteiger partial charge is 0.344 e. The van der Waals surface area contributed by atoms with E-state index in [1.165, 1.54) is 37.3 Å². The number of anilines is 1. The Balaban J connectivity index is 1.85. The Labute approximate surface area is 153 Å². The van der Waals surface area contributed by atoms with Crippen LogP contribution in [0, 0.1) is 5.82 Å². The van der Waals surface area contributed by atoms with Crippen LogP contribution in [0.25, 0.3) is 0 Å². The lowest BCUT2D eigenvalue weighted by Crippen LogP contribution is -2.31. The molecule has 132 valence electrons. The molecule has 0 bridgehead atoms. The van der Waals surface area contributed by atoms with E-state index in [4.69, 9.17) is 32.7 Å². The first-order chi connectivity index (χ1) is 11.8. The van der Waals surface area contributed by atoms with Crippen molar-refractivity contribution in [3.63, 3.8) is 0 Å². The van der Waals surface area contributed by atoms with Crippen molar-refractivity contribution in [2.24, 2.45) is 0 Å². The van der Waals surface area contributed by atoms with Crippen LogP contribution in [0.15, 0.2) is 42.5 Å². The van der Waals surface area contributed by atoms with E-state index in [0.717, 1.165) is 6.07 Å². The third-order valence-electron chi connectivity index (χ3n) is 3.02. The normalized spacial score (nSPS) is 11.5. The molecule has 0 aliphatic rings.